The Morgan fingerprint density at radius 1 is 1.12 bits per heavy atom. The molecule has 3 unspecified atom stereocenters. The summed E-state index contributed by atoms with van der Waals surface area (Å²) in [5.74, 6) is 2.01. The third kappa shape index (κ3) is 4.27. The van der Waals surface area contributed by atoms with E-state index in [0.717, 1.165) is 18.5 Å². The molecule has 3 aromatic heterocycles. The molecule has 2 fully saturated rings. The van der Waals surface area contributed by atoms with Crippen LogP contribution < -0.4 is 4.74 Å². The van der Waals surface area contributed by atoms with Crippen molar-refractivity contribution >= 4 is 5.91 Å². The number of aromatic nitrogens is 4. The molecule has 1 aliphatic carbocycles. The average Bonchev–Trinajstić information content (AvgIpc) is 3.60. The molecule has 4 heterocycles. The second-order valence-electron chi connectivity index (χ2n) is 8.73. The highest BCUT2D eigenvalue weighted by molar-refractivity contribution is 5.98. The highest BCUT2D eigenvalue weighted by Gasteiger charge is 2.47. The third-order valence-corrected chi connectivity index (χ3v) is 6.42. The zero-order valence-corrected chi connectivity index (χ0v) is 18.6. The first-order chi connectivity index (χ1) is 16.0. The van der Waals surface area contributed by atoms with Gasteiger partial charge in [-0.05, 0) is 62.8 Å². The van der Waals surface area contributed by atoms with Crippen molar-refractivity contribution in [2.24, 2.45) is 11.8 Å². The Hall–Kier alpha value is -3.86. The Morgan fingerprint density at radius 3 is 2.70 bits per heavy atom. The van der Waals surface area contributed by atoms with Gasteiger partial charge in [-0.15, -0.1) is 0 Å². The monoisotopic (exact) mass is 440 g/mol. The van der Waals surface area contributed by atoms with Crippen LogP contribution in [-0.4, -0.2) is 49.9 Å². The number of piperidine rings is 1. The Bertz CT molecular complexity index is 1240. The maximum Gasteiger partial charge on any atom is 0.273 e. The van der Waals surface area contributed by atoms with Gasteiger partial charge in [0.25, 0.3) is 5.91 Å². The number of pyridine rings is 2. The van der Waals surface area contributed by atoms with Crippen molar-refractivity contribution in [3.63, 3.8) is 0 Å². The summed E-state index contributed by atoms with van der Waals surface area (Å²) < 4.78 is 5.99. The number of hydrogen-bond donors (Lipinski definition) is 0. The molecule has 1 aliphatic heterocycles. The van der Waals surface area contributed by atoms with Gasteiger partial charge in [-0.25, -0.2) is 19.9 Å². The van der Waals surface area contributed by atoms with E-state index in [0.29, 0.717) is 59.2 Å². The lowest BCUT2D eigenvalue weighted by atomic mass is 10.0. The minimum atomic E-state index is -0.121. The first kappa shape index (κ1) is 21.0. The zero-order valence-electron chi connectivity index (χ0n) is 18.6. The number of hydrogen-bond acceptors (Lipinski definition) is 7. The van der Waals surface area contributed by atoms with E-state index >= 15 is 0 Å². The van der Waals surface area contributed by atoms with Crippen LogP contribution in [0.3, 0.4) is 0 Å². The molecule has 5 rings (SSSR count). The van der Waals surface area contributed by atoms with Crippen LogP contribution >= 0.6 is 0 Å². The van der Waals surface area contributed by atoms with Crippen LogP contribution in [0.15, 0.2) is 42.7 Å². The number of nitriles is 1. The number of aryl methyl sites for hydroxylation is 2. The van der Waals surface area contributed by atoms with Crippen molar-refractivity contribution in [2.75, 3.05) is 13.2 Å². The smallest absolute Gasteiger partial charge is 0.273 e. The van der Waals surface area contributed by atoms with Crippen LogP contribution in [0.5, 0.6) is 5.88 Å². The molecular formula is C25H24N6O2. The van der Waals surface area contributed by atoms with E-state index in [1.807, 2.05) is 24.0 Å². The van der Waals surface area contributed by atoms with Gasteiger partial charge in [0.05, 0.1) is 22.9 Å². The van der Waals surface area contributed by atoms with Gasteiger partial charge >= 0.3 is 0 Å². The van der Waals surface area contributed by atoms with Crippen molar-refractivity contribution in [1.82, 2.24) is 24.8 Å². The minimum absolute atomic E-state index is 0.0779. The highest BCUT2D eigenvalue weighted by Crippen LogP contribution is 2.47. The number of carbonyl (C=O) groups excluding carboxylic acids is 1. The predicted molar refractivity (Wildman–Crippen MR) is 120 cm³/mol. The van der Waals surface area contributed by atoms with Gasteiger partial charge in [-0.2, -0.15) is 5.26 Å². The minimum Gasteiger partial charge on any atom is -0.475 e. The number of amides is 1. The normalized spacial score (nSPS) is 21.1. The van der Waals surface area contributed by atoms with Gasteiger partial charge in [0.15, 0.2) is 5.82 Å². The molecule has 166 valence electrons. The Balaban J connectivity index is 1.40. The number of rotatable bonds is 5. The Labute approximate surface area is 192 Å². The van der Waals surface area contributed by atoms with E-state index in [2.05, 4.69) is 26.0 Å². The van der Waals surface area contributed by atoms with Crippen LogP contribution in [-0.2, 0) is 0 Å². The summed E-state index contributed by atoms with van der Waals surface area (Å²) in [6.07, 6.45) is 5.36. The molecule has 1 saturated carbocycles. The summed E-state index contributed by atoms with van der Waals surface area (Å²) in [6.45, 7) is 4.70. The molecule has 1 amide bonds. The first-order valence-corrected chi connectivity index (χ1v) is 11.1. The van der Waals surface area contributed by atoms with E-state index in [1.165, 1.54) is 0 Å². The van der Waals surface area contributed by atoms with Crippen LogP contribution in [0.2, 0.25) is 0 Å². The molecule has 33 heavy (non-hydrogen) atoms. The first-order valence-electron chi connectivity index (χ1n) is 11.1. The summed E-state index contributed by atoms with van der Waals surface area (Å²) in [4.78, 5) is 33.3. The number of likely N-dealkylation sites (tertiary alicyclic amines) is 1. The number of ether oxygens (including phenoxy) is 1. The average molecular weight is 441 g/mol. The second-order valence-corrected chi connectivity index (χ2v) is 8.73. The second kappa shape index (κ2) is 8.58. The molecule has 8 nitrogen and oxygen atoms in total. The summed E-state index contributed by atoms with van der Waals surface area (Å²) in [5.41, 5.74) is 2.93. The topological polar surface area (TPSA) is 105 Å². The number of fused-ring (bicyclic) bond motifs is 1. The largest absolute Gasteiger partial charge is 0.475 e. The maximum absolute atomic E-state index is 13.8. The third-order valence-electron chi connectivity index (χ3n) is 6.42. The molecule has 0 radical (unpaired) electrons. The Morgan fingerprint density at radius 2 is 1.94 bits per heavy atom. The van der Waals surface area contributed by atoms with Gasteiger partial charge < -0.3 is 9.64 Å². The summed E-state index contributed by atoms with van der Waals surface area (Å²) >= 11 is 0. The molecule has 3 atom stereocenters. The molecule has 8 heteroatoms. The van der Waals surface area contributed by atoms with Gasteiger partial charge in [-0.3, -0.25) is 4.79 Å². The number of carbonyl (C=O) groups is 1. The fraction of sp³-hybridized carbons (Fsp3) is 0.360. The molecule has 2 aliphatic rings. The lowest BCUT2D eigenvalue weighted by molar-refractivity contribution is 0.0503. The standard InChI is InChI=1S/C25H24N6O2/c1-15-4-6-21(24-27-8-3-9-28-24)23(29-15)25(32)31-13-19-10-18(19)11-20(31)14-33-22-7-5-17(12-26)16(2)30-22/h3-9,18-20H,10-11,13-14H2,1-2H3. The van der Waals surface area contributed by atoms with Gasteiger partial charge in [-0.1, -0.05) is 0 Å². The quantitative estimate of drug-likeness (QED) is 0.599. The summed E-state index contributed by atoms with van der Waals surface area (Å²) in [6, 6.07) is 10.9. The van der Waals surface area contributed by atoms with Crippen molar-refractivity contribution < 1.29 is 9.53 Å². The van der Waals surface area contributed by atoms with Crippen LogP contribution in [0, 0.1) is 37.0 Å². The van der Waals surface area contributed by atoms with Crippen LogP contribution in [0.1, 0.15) is 40.3 Å². The lowest BCUT2D eigenvalue weighted by Gasteiger charge is -2.35. The summed E-state index contributed by atoms with van der Waals surface area (Å²) in [7, 11) is 0. The molecule has 3 aromatic rings. The zero-order chi connectivity index (χ0) is 22.9. The van der Waals surface area contributed by atoms with Crippen molar-refractivity contribution in [3.05, 3.63) is 65.4 Å². The molecule has 0 bridgehead atoms. The van der Waals surface area contributed by atoms with Crippen LogP contribution in [0.4, 0.5) is 0 Å². The van der Waals surface area contributed by atoms with E-state index in [9.17, 15) is 4.79 Å². The van der Waals surface area contributed by atoms with E-state index in [-0.39, 0.29) is 11.9 Å². The van der Waals surface area contributed by atoms with Gasteiger partial charge in [0.1, 0.15) is 18.4 Å². The molecule has 0 aromatic carbocycles. The van der Waals surface area contributed by atoms with E-state index < -0.39 is 0 Å². The fourth-order valence-electron chi connectivity index (χ4n) is 4.50. The Kier molecular flexibility index (Phi) is 5.47. The van der Waals surface area contributed by atoms with E-state index in [4.69, 9.17) is 10.00 Å². The summed E-state index contributed by atoms with van der Waals surface area (Å²) in [5, 5.41) is 9.12. The molecular weight excluding hydrogens is 416 g/mol. The van der Waals surface area contributed by atoms with Gasteiger partial charge in [0, 0.05) is 30.7 Å². The van der Waals surface area contributed by atoms with Crippen molar-refractivity contribution in [1.29, 1.82) is 5.26 Å². The van der Waals surface area contributed by atoms with Gasteiger partial charge in [0.2, 0.25) is 5.88 Å². The predicted octanol–water partition coefficient (Wildman–Crippen LogP) is 3.35. The van der Waals surface area contributed by atoms with Crippen LogP contribution in [0.25, 0.3) is 11.4 Å². The fourth-order valence-corrected chi connectivity index (χ4v) is 4.50. The van der Waals surface area contributed by atoms with E-state index in [1.54, 1.807) is 37.5 Å². The number of nitrogens with zero attached hydrogens (tertiary/aromatic N) is 6. The SMILES string of the molecule is Cc1ccc(-c2ncccn2)c(C(=O)N2CC3CC3CC2COc2ccc(C#N)c(C)n2)n1. The molecule has 1 saturated heterocycles. The van der Waals surface area contributed by atoms with Crippen molar-refractivity contribution in [2.45, 2.75) is 32.7 Å². The van der Waals surface area contributed by atoms with Crippen molar-refractivity contribution in [3.8, 4) is 23.3 Å². The highest BCUT2D eigenvalue weighted by atomic mass is 16.5. The molecule has 0 N–H and O–H groups in total. The molecule has 0 spiro atoms. The lowest BCUT2D eigenvalue weighted by Crippen LogP contribution is -2.48. The maximum atomic E-state index is 13.8.